The van der Waals surface area contributed by atoms with Gasteiger partial charge in [-0.3, -0.25) is 4.79 Å². The summed E-state index contributed by atoms with van der Waals surface area (Å²) in [4.78, 5) is 38.1. The highest BCUT2D eigenvalue weighted by Crippen LogP contribution is 2.32. The average Bonchev–Trinajstić information content (AvgIpc) is 2.58. The topological polar surface area (TPSA) is 87.7 Å². The summed E-state index contributed by atoms with van der Waals surface area (Å²) in [5, 5.41) is 4.83. The highest BCUT2D eigenvalue weighted by molar-refractivity contribution is 6.32. The largest absolute Gasteiger partial charge is 0.459 e. The quantitative estimate of drug-likeness (QED) is 0.594. The van der Waals surface area contributed by atoms with Crippen LogP contribution in [-0.4, -0.2) is 41.3 Å². The molecule has 0 fully saturated rings. The van der Waals surface area contributed by atoms with Gasteiger partial charge in [-0.2, -0.15) is 0 Å². The van der Waals surface area contributed by atoms with Crippen molar-refractivity contribution in [3.05, 3.63) is 41.1 Å². The zero-order chi connectivity index (χ0) is 20.3. The van der Waals surface area contributed by atoms with Crippen LogP contribution >= 0.6 is 11.6 Å². The second-order valence-electron chi connectivity index (χ2n) is 6.63. The van der Waals surface area contributed by atoms with E-state index in [-0.39, 0.29) is 18.0 Å². The predicted octanol–water partition coefficient (Wildman–Crippen LogP) is 3.17. The molecule has 1 aromatic rings. The lowest BCUT2D eigenvalue weighted by Crippen LogP contribution is -2.46. The molecule has 1 heterocycles. The van der Waals surface area contributed by atoms with Crippen LogP contribution in [0, 0.1) is 0 Å². The Labute approximate surface area is 163 Å². The lowest BCUT2D eigenvalue weighted by molar-refractivity contribution is -0.143. The second kappa shape index (κ2) is 8.43. The third-order valence-electron chi connectivity index (χ3n) is 4.17. The zero-order valence-electron chi connectivity index (χ0n) is 16.0. The third kappa shape index (κ3) is 4.80. The molecule has 0 spiro atoms. The van der Waals surface area contributed by atoms with E-state index in [0.29, 0.717) is 22.5 Å². The lowest BCUT2D eigenvalue weighted by atomic mass is 9.94. The van der Waals surface area contributed by atoms with E-state index >= 15 is 0 Å². The van der Waals surface area contributed by atoms with Crippen molar-refractivity contribution >= 4 is 35.2 Å². The zero-order valence-corrected chi connectivity index (χ0v) is 16.8. The van der Waals surface area contributed by atoms with E-state index < -0.39 is 17.4 Å². The van der Waals surface area contributed by atoms with Crippen LogP contribution in [0.4, 0.5) is 10.5 Å². The van der Waals surface area contributed by atoms with Crippen molar-refractivity contribution in [3.63, 3.8) is 0 Å². The number of benzene rings is 1. The Morgan fingerprint density at radius 3 is 2.56 bits per heavy atom. The van der Waals surface area contributed by atoms with Crippen LogP contribution in [0.3, 0.4) is 0 Å². The first-order valence-electron chi connectivity index (χ1n) is 8.62. The fourth-order valence-corrected chi connectivity index (χ4v) is 2.72. The molecular formula is C19H24ClN3O4. The van der Waals surface area contributed by atoms with Gasteiger partial charge in [-0.25, -0.2) is 9.59 Å². The molecule has 7 nitrogen and oxygen atoms in total. The molecule has 27 heavy (non-hydrogen) atoms. The number of anilines is 1. The van der Waals surface area contributed by atoms with Crippen molar-refractivity contribution in [2.75, 3.05) is 12.4 Å². The number of esters is 1. The number of carbonyl (C=O) groups excluding carboxylic acids is 3. The Morgan fingerprint density at radius 2 is 1.96 bits per heavy atom. The maximum Gasteiger partial charge on any atom is 0.338 e. The van der Waals surface area contributed by atoms with Gasteiger partial charge in [-0.1, -0.05) is 12.1 Å². The number of alkyl halides is 1. The first kappa shape index (κ1) is 20.8. The highest BCUT2D eigenvalue weighted by atomic mass is 35.5. The molecule has 8 heteroatoms. The number of hydrogen-bond donors (Lipinski definition) is 2. The molecule has 0 unspecified atom stereocenters. The van der Waals surface area contributed by atoms with Gasteiger partial charge in [0.05, 0.1) is 17.7 Å². The first-order valence-corrected chi connectivity index (χ1v) is 9.06. The SMILES string of the molecule is CC1=C(C(=O)OC(C)C)[C@H](c2cccc(NC(=O)[C@H](C)Cl)c2)NC(=O)N1C. The van der Waals surface area contributed by atoms with Crippen LogP contribution in [0.1, 0.15) is 39.3 Å². The minimum atomic E-state index is -0.690. The molecule has 0 saturated carbocycles. The average molecular weight is 394 g/mol. The summed E-state index contributed by atoms with van der Waals surface area (Å²) in [6, 6.07) is 5.89. The van der Waals surface area contributed by atoms with Crippen molar-refractivity contribution in [1.29, 1.82) is 0 Å². The molecule has 2 rings (SSSR count). The normalized spacial score (nSPS) is 18.3. The highest BCUT2D eigenvalue weighted by Gasteiger charge is 2.35. The third-order valence-corrected chi connectivity index (χ3v) is 4.36. The van der Waals surface area contributed by atoms with E-state index in [1.807, 2.05) is 0 Å². The number of urea groups is 1. The summed E-state index contributed by atoms with van der Waals surface area (Å²) in [6.45, 7) is 6.79. The Morgan fingerprint density at radius 1 is 1.30 bits per heavy atom. The lowest BCUT2D eigenvalue weighted by Gasteiger charge is -2.33. The fraction of sp³-hybridized carbons (Fsp3) is 0.421. The number of amides is 3. The summed E-state index contributed by atoms with van der Waals surface area (Å²) < 4.78 is 5.36. The summed E-state index contributed by atoms with van der Waals surface area (Å²) >= 11 is 5.79. The van der Waals surface area contributed by atoms with Gasteiger partial charge in [0.2, 0.25) is 5.91 Å². The monoisotopic (exact) mass is 393 g/mol. The maximum atomic E-state index is 12.7. The van der Waals surface area contributed by atoms with Crippen LogP contribution in [-0.2, 0) is 14.3 Å². The number of rotatable bonds is 5. The van der Waals surface area contributed by atoms with Crippen molar-refractivity contribution in [2.24, 2.45) is 0 Å². The molecule has 0 saturated heterocycles. The fourth-order valence-electron chi connectivity index (χ4n) is 2.67. The summed E-state index contributed by atoms with van der Waals surface area (Å²) in [6.07, 6.45) is -0.294. The van der Waals surface area contributed by atoms with E-state index in [1.165, 1.54) is 4.90 Å². The smallest absolute Gasteiger partial charge is 0.338 e. The van der Waals surface area contributed by atoms with E-state index in [9.17, 15) is 14.4 Å². The number of nitrogens with zero attached hydrogens (tertiary/aromatic N) is 1. The number of nitrogens with one attached hydrogen (secondary N) is 2. The van der Waals surface area contributed by atoms with Gasteiger partial charge >= 0.3 is 12.0 Å². The molecule has 1 aromatic carbocycles. The Bertz CT molecular complexity index is 789. The van der Waals surface area contributed by atoms with E-state index in [2.05, 4.69) is 10.6 Å². The molecule has 0 aromatic heterocycles. The van der Waals surface area contributed by atoms with Gasteiger partial charge in [0.1, 0.15) is 5.38 Å². The van der Waals surface area contributed by atoms with Crippen LogP contribution < -0.4 is 10.6 Å². The van der Waals surface area contributed by atoms with Crippen molar-refractivity contribution < 1.29 is 19.1 Å². The van der Waals surface area contributed by atoms with Gasteiger partial charge in [0.15, 0.2) is 0 Å². The van der Waals surface area contributed by atoms with Gasteiger partial charge in [0, 0.05) is 18.4 Å². The van der Waals surface area contributed by atoms with Crippen molar-refractivity contribution in [1.82, 2.24) is 10.2 Å². The molecule has 0 radical (unpaired) electrons. The number of halogens is 1. The Balaban J connectivity index is 2.43. The minimum absolute atomic E-state index is 0.294. The second-order valence-corrected chi connectivity index (χ2v) is 7.28. The van der Waals surface area contributed by atoms with Crippen LogP contribution in [0.15, 0.2) is 35.5 Å². The van der Waals surface area contributed by atoms with E-state index in [1.54, 1.807) is 59.0 Å². The van der Waals surface area contributed by atoms with Gasteiger partial charge < -0.3 is 20.3 Å². The Hall–Kier alpha value is -2.54. The number of ether oxygens (including phenoxy) is 1. The van der Waals surface area contributed by atoms with Crippen LogP contribution in [0.2, 0.25) is 0 Å². The minimum Gasteiger partial charge on any atom is -0.459 e. The molecular weight excluding hydrogens is 370 g/mol. The summed E-state index contributed by atoms with van der Waals surface area (Å²) in [7, 11) is 1.59. The number of carbonyl (C=O) groups is 3. The van der Waals surface area contributed by atoms with Gasteiger partial charge in [-0.15, -0.1) is 11.6 Å². The van der Waals surface area contributed by atoms with Gasteiger partial charge in [-0.05, 0) is 45.4 Å². The van der Waals surface area contributed by atoms with Crippen molar-refractivity contribution in [3.8, 4) is 0 Å². The molecule has 3 amide bonds. The molecule has 2 N–H and O–H groups in total. The van der Waals surface area contributed by atoms with Crippen LogP contribution in [0.5, 0.6) is 0 Å². The van der Waals surface area contributed by atoms with Crippen molar-refractivity contribution in [2.45, 2.75) is 45.2 Å². The van der Waals surface area contributed by atoms with E-state index in [4.69, 9.17) is 16.3 Å². The molecule has 0 aliphatic carbocycles. The van der Waals surface area contributed by atoms with Crippen LogP contribution in [0.25, 0.3) is 0 Å². The molecule has 1 aliphatic heterocycles. The standard InChI is InChI=1S/C19H24ClN3O4/c1-10(2)27-18(25)15-12(4)23(5)19(26)22-16(15)13-7-6-8-14(9-13)21-17(24)11(3)20/h6-11,16H,1-5H3,(H,21,24)(H,22,26)/t11-,16-/m0/s1. The molecule has 0 bridgehead atoms. The molecule has 146 valence electrons. The maximum absolute atomic E-state index is 12.7. The predicted molar refractivity (Wildman–Crippen MR) is 103 cm³/mol. The number of hydrogen-bond acceptors (Lipinski definition) is 4. The number of allylic oxidation sites excluding steroid dienone is 1. The Kier molecular flexibility index (Phi) is 6.49. The van der Waals surface area contributed by atoms with E-state index in [0.717, 1.165) is 0 Å². The van der Waals surface area contributed by atoms with Gasteiger partial charge in [0.25, 0.3) is 0 Å². The molecule has 1 aliphatic rings. The first-order chi connectivity index (χ1) is 12.6. The summed E-state index contributed by atoms with van der Waals surface area (Å²) in [5.41, 5.74) is 2.03. The molecule has 2 atom stereocenters. The summed E-state index contributed by atoms with van der Waals surface area (Å²) in [5.74, 6) is -0.837.